The Bertz CT molecular complexity index is 1150. The van der Waals surface area contributed by atoms with E-state index in [1.54, 1.807) is 19.2 Å². The summed E-state index contributed by atoms with van der Waals surface area (Å²) in [5, 5.41) is 9.34. The lowest BCUT2D eigenvalue weighted by Crippen LogP contribution is -2.41. The summed E-state index contributed by atoms with van der Waals surface area (Å²) in [4.78, 5) is 28.9. The lowest BCUT2D eigenvalue weighted by Gasteiger charge is -2.37. The molecule has 4 unspecified atom stereocenters. The molecule has 8 nitrogen and oxygen atoms in total. The van der Waals surface area contributed by atoms with Crippen molar-refractivity contribution in [1.82, 2.24) is 10.2 Å². The van der Waals surface area contributed by atoms with Gasteiger partial charge in [0, 0.05) is 5.38 Å². The third-order valence-electron chi connectivity index (χ3n) is 6.31. The number of ketones is 1. The van der Waals surface area contributed by atoms with Crippen LogP contribution in [0.3, 0.4) is 0 Å². The Morgan fingerprint density at radius 3 is 2.76 bits per heavy atom. The van der Waals surface area contributed by atoms with Gasteiger partial charge >= 0.3 is 0 Å². The minimum Gasteiger partial charge on any atom is -0.493 e. The number of rotatable bonds is 5. The van der Waals surface area contributed by atoms with Crippen molar-refractivity contribution in [2.45, 2.75) is 50.6 Å². The zero-order chi connectivity index (χ0) is 23.3. The summed E-state index contributed by atoms with van der Waals surface area (Å²) in [6.45, 7) is 4.20. The zero-order valence-corrected chi connectivity index (χ0v) is 20.1. The molecular weight excluding hydrogens is 466 g/mol. The highest BCUT2D eigenvalue weighted by Crippen LogP contribution is 2.50. The first-order valence-electron chi connectivity index (χ1n) is 11.0. The molecule has 2 aromatic rings. The van der Waals surface area contributed by atoms with Crippen LogP contribution in [-0.2, 0) is 14.3 Å². The number of ether oxygens (including phenoxy) is 3. The fourth-order valence-electron chi connectivity index (χ4n) is 4.84. The molecule has 1 aromatic heterocycles. The minimum atomic E-state index is -0.700. The van der Waals surface area contributed by atoms with E-state index in [0.29, 0.717) is 47.2 Å². The molecule has 1 saturated carbocycles. The van der Waals surface area contributed by atoms with Crippen LogP contribution in [-0.4, -0.2) is 47.1 Å². The molecule has 10 heteroatoms. The van der Waals surface area contributed by atoms with E-state index in [1.807, 2.05) is 19.9 Å². The molecule has 1 aliphatic carbocycles. The first-order valence-corrected chi connectivity index (χ1v) is 12.2. The Morgan fingerprint density at radius 1 is 1.24 bits per heavy atom. The molecule has 0 saturated heterocycles. The highest BCUT2D eigenvalue weighted by Gasteiger charge is 2.54. The maximum Gasteiger partial charge on any atom is 0.296 e. The van der Waals surface area contributed by atoms with Crippen molar-refractivity contribution in [3.63, 3.8) is 0 Å². The normalized spacial score (nSPS) is 26.7. The van der Waals surface area contributed by atoms with E-state index >= 15 is 0 Å². The highest BCUT2D eigenvalue weighted by molar-refractivity contribution is 7.15. The van der Waals surface area contributed by atoms with Crippen molar-refractivity contribution >= 4 is 39.8 Å². The molecule has 2 aliphatic heterocycles. The summed E-state index contributed by atoms with van der Waals surface area (Å²) in [5.74, 6) is 0.394. The van der Waals surface area contributed by atoms with Gasteiger partial charge in [-0.25, -0.2) is 0 Å². The smallest absolute Gasteiger partial charge is 0.296 e. The number of alkyl halides is 1. The maximum absolute atomic E-state index is 13.8. The van der Waals surface area contributed by atoms with Crippen molar-refractivity contribution < 1.29 is 23.8 Å². The van der Waals surface area contributed by atoms with Gasteiger partial charge in [-0.05, 0) is 50.8 Å². The van der Waals surface area contributed by atoms with Gasteiger partial charge in [-0.1, -0.05) is 17.4 Å². The van der Waals surface area contributed by atoms with Crippen molar-refractivity contribution in [3.8, 4) is 11.5 Å². The molecule has 33 heavy (non-hydrogen) atoms. The molecule has 174 valence electrons. The lowest BCUT2D eigenvalue weighted by molar-refractivity contribution is -0.131. The predicted molar refractivity (Wildman–Crippen MR) is 123 cm³/mol. The van der Waals surface area contributed by atoms with E-state index in [0.717, 1.165) is 11.4 Å². The Balaban J connectivity index is 1.64. The highest BCUT2D eigenvalue weighted by atomic mass is 35.5. The molecule has 0 radical (unpaired) electrons. The average Bonchev–Trinajstić information content (AvgIpc) is 3.36. The summed E-state index contributed by atoms with van der Waals surface area (Å²) >= 11 is 7.69. The van der Waals surface area contributed by atoms with Gasteiger partial charge in [-0.2, -0.15) is 0 Å². The average molecular weight is 490 g/mol. The van der Waals surface area contributed by atoms with E-state index in [-0.39, 0.29) is 34.8 Å². The maximum atomic E-state index is 13.8. The van der Waals surface area contributed by atoms with Crippen LogP contribution in [0.5, 0.6) is 11.5 Å². The fraction of sp³-hybridized carbons (Fsp3) is 0.478. The number of carbonyl (C=O) groups is 2. The van der Waals surface area contributed by atoms with Crippen LogP contribution in [0.15, 0.2) is 29.5 Å². The molecule has 0 bridgehead atoms. The number of amides is 1. The number of Topliss-reactive ketones (excluding diaryl/α,β-unsaturated/α-hetero) is 1. The quantitative estimate of drug-likeness (QED) is 0.587. The van der Waals surface area contributed by atoms with Gasteiger partial charge in [-0.3, -0.25) is 14.5 Å². The van der Waals surface area contributed by atoms with E-state index < -0.39 is 6.04 Å². The number of benzene rings is 1. The van der Waals surface area contributed by atoms with E-state index in [9.17, 15) is 9.59 Å². The molecule has 1 fully saturated rings. The Labute approximate surface area is 200 Å². The molecular formula is C23H24ClN3O5S. The number of halogens is 1. The van der Waals surface area contributed by atoms with Crippen LogP contribution in [0.4, 0.5) is 5.13 Å². The van der Waals surface area contributed by atoms with E-state index in [2.05, 4.69) is 10.2 Å². The Morgan fingerprint density at radius 2 is 2.06 bits per heavy atom. The number of aryl methyl sites for hydroxylation is 1. The second kappa shape index (κ2) is 8.61. The van der Waals surface area contributed by atoms with Crippen LogP contribution >= 0.6 is 22.9 Å². The Hall–Kier alpha value is -2.65. The Kier molecular flexibility index (Phi) is 5.78. The van der Waals surface area contributed by atoms with Crippen molar-refractivity contribution in [2.24, 2.45) is 5.92 Å². The summed E-state index contributed by atoms with van der Waals surface area (Å²) in [7, 11) is 1.56. The number of fused-ring (bicyclic) bond motifs is 1. The third kappa shape index (κ3) is 3.67. The van der Waals surface area contributed by atoms with Crippen molar-refractivity contribution in [2.75, 3.05) is 18.6 Å². The van der Waals surface area contributed by atoms with Gasteiger partial charge in [0.25, 0.3) is 5.91 Å². The topological polar surface area (TPSA) is 90.9 Å². The molecule has 0 spiro atoms. The SMILES string of the molecule is CCOc1ccc(C2C3=C(OC4CCC(Cl)CC4C3=O)C(=O)N2c2nnc(C)s2)cc1OC. The lowest BCUT2D eigenvalue weighted by atomic mass is 9.77. The van der Waals surface area contributed by atoms with Gasteiger partial charge in [0.05, 0.1) is 31.2 Å². The largest absolute Gasteiger partial charge is 0.493 e. The van der Waals surface area contributed by atoms with Crippen LogP contribution in [0.2, 0.25) is 0 Å². The van der Waals surface area contributed by atoms with Crippen LogP contribution in [0.25, 0.3) is 0 Å². The van der Waals surface area contributed by atoms with Gasteiger partial charge < -0.3 is 14.2 Å². The van der Waals surface area contributed by atoms with Crippen molar-refractivity contribution in [3.05, 3.63) is 40.1 Å². The standard InChI is InChI=1S/C23H24ClN3O5S/c1-4-31-16-7-5-12(9-17(16)30-3)19-18-20(28)14-10-13(24)6-8-15(14)32-21(18)22(29)27(19)23-26-25-11(2)33-23/h5,7,9,13-15,19H,4,6,8,10H2,1-3H3. The number of hydrogen-bond acceptors (Lipinski definition) is 8. The zero-order valence-electron chi connectivity index (χ0n) is 18.5. The number of hydrogen-bond donors (Lipinski definition) is 0. The van der Waals surface area contributed by atoms with Gasteiger partial charge in [0.2, 0.25) is 5.13 Å². The van der Waals surface area contributed by atoms with Gasteiger partial charge in [0.15, 0.2) is 23.0 Å². The van der Waals surface area contributed by atoms with Crippen molar-refractivity contribution in [1.29, 1.82) is 0 Å². The second-order valence-corrected chi connectivity index (χ2v) is 10.1. The molecule has 3 heterocycles. The van der Waals surface area contributed by atoms with Gasteiger partial charge in [-0.15, -0.1) is 21.8 Å². The number of aromatic nitrogens is 2. The summed E-state index contributed by atoms with van der Waals surface area (Å²) in [6, 6.07) is 4.72. The fourth-order valence-corrected chi connectivity index (χ4v) is 5.87. The molecule has 0 N–H and O–H groups in total. The third-order valence-corrected chi connectivity index (χ3v) is 7.54. The summed E-state index contributed by atoms with van der Waals surface area (Å²) < 4.78 is 17.4. The summed E-state index contributed by atoms with van der Waals surface area (Å²) in [5.41, 5.74) is 1.06. The van der Waals surface area contributed by atoms with Crippen LogP contribution in [0.1, 0.15) is 42.8 Å². The number of nitrogens with zero attached hydrogens (tertiary/aromatic N) is 3. The van der Waals surface area contributed by atoms with Crippen LogP contribution < -0.4 is 14.4 Å². The molecule has 4 atom stereocenters. The van der Waals surface area contributed by atoms with Gasteiger partial charge in [0.1, 0.15) is 11.1 Å². The first kappa shape index (κ1) is 22.2. The molecule has 3 aliphatic rings. The number of carbonyl (C=O) groups excluding carboxylic acids is 2. The molecule has 1 amide bonds. The predicted octanol–water partition coefficient (Wildman–Crippen LogP) is 3.97. The minimum absolute atomic E-state index is 0.0796. The number of anilines is 1. The molecule has 5 rings (SSSR count). The molecule has 1 aromatic carbocycles. The van der Waals surface area contributed by atoms with E-state index in [4.69, 9.17) is 25.8 Å². The monoisotopic (exact) mass is 489 g/mol. The first-order chi connectivity index (χ1) is 15.9. The van der Waals surface area contributed by atoms with E-state index in [1.165, 1.54) is 16.2 Å². The number of methoxy groups -OCH3 is 1. The second-order valence-electron chi connectivity index (χ2n) is 8.30. The summed E-state index contributed by atoms with van der Waals surface area (Å²) in [6.07, 6.45) is 1.61. The van der Waals surface area contributed by atoms with Crippen LogP contribution in [0, 0.1) is 12.8 Å².